The van der Waals surface area contributed by atoms with E-state index in [0.717, 1.165) is 31.3 Å². The number of likely N-dealkylation sites (tertiary alicyclic amines) is 1. The minimum absolute atomic E-state index is 0.104. The van der Waals surface area contributed by atoms with Crippen LogP contribution in [0.3, 0.4) is 0 Å². The molecule has 0 aromatic carbocycles. The van der Waals surface area contributed by atoms with Crippen molar-refractivity contribution in [2.45, 2.75) is 52.1 Å². The van der Waals surface area contributed by atoms with Gasteiger partial charge in [-0.3, -0.25) is 4.90 Å². The van der Waals surface area contributed by atoms with Crippen molar-refractivity contribution in [3.05, 3.63) is 23.9 Å². The SMILES string of the molecule is CC(C)(C)NCc1cccc(OCCN2CCCCC2)n1. The monoisotopic (exact) mass is 291 g/mol. The van der Waals surface area contributed by atoms with E-state index in [1.54, 1.807) is 0 Å². The number of aromatic nitrogens is 1. The molecule has 0 radical (unpaired) electrons. The number of ether oxygens (including phenoxy) is 1. The minimum atomic E-state index is 0.104. The average molecular weight is 291 g/mol. The molecule has 118 valence electrons. The van der Waals surface area contributed by atoms with E-state index in [0.29, 0.717) is 0 Å². The zero-order chi connectivity index (χ0) is 15.1. The highest BCUT2D eigenvalue weighted by atomic mass is 16.5. The lowest BCUT2D eigenvalue weighted by Crippen LogP contribution is -2.35. The van der Waals surface area contributed by atoms with Gasteiger partial charge in [0.15, 0.2) is 0 Å². The fourth-order valence-corrected chi connectivity index (χ4v) is 2.45. The Bertz CT molecular complexity index is 422. The molecule has 1 aromatic heterocycles. The van der Waals surface area contributed by atoms with Crippen molar-refractivity contribution in [2.75, 3.05) is 26.2 Å². The van der Waals surface area contributed by atoms with E-state index in [9.17, 15) is 0 Å². The van der Waals surface area contributed by atoms with Crippen LogP contribution in [0, 0.1) is 0 Å². The Morgan fingerprint density at radius 2 is 1.95 bits per heavy atom. The molecule has 1 N–H and O–H groups in total. The highest BCUT2D eigenvalue weighted by Gasteiger charge is 2.11. The van der Waals surface area contributed by atoms with Gasteiger partial charge in [0.25, 0.3) is 0 Å². The third-order valence-electron chi connectivity index (χ3n) is 3.69. The van der Waals surface area contributed by atoms with Gasteiger partial charge in [0.05, 0.1) is 5.69 Å². The molecule has 0 amide bonds. The Hall–Kier alpha value is -1.13. The highest BCUT2D eigenvalue weighted by molar-refractivity contribution is 5.15. The molecular weight excluding hydrogens is 262 g/mol. The summed E-state index contributed by atoms with van der Waals surface area (Å²) in [6.07, 6.45) is 4.03. The Labute approximate surface area is 128 Å². The van der Waals surface area contributed by atoms with Gasteiger partial charge in [-0.05, 0) is 52.8 Å². The smallest absolute Gasteiger partial charge is 0.213 e. The van der Waals surface area contributed by atoms with Crippen LogP contribution in [0.2, 0.25) is 0 Å². The molecule has 1 saturated heterocycles. The van der Waals surface area contributed by atoms with Crippen LogP contribution in [0.5, 0.6) is 5.88 Å². The van der Waals surface area contributed by atoms with Crippen molar-refractivity contribution in [1.82, 2.24) is 15.2 Å². The van der Waals surface area contributed by atoms with Crippen molar-refractivity contribution in [1.29, 1.82) is 0 Å². The third-order valence-corrected chi connectivity index (χ3v) is 3.69. The van der Waals surface area contributed by atoms with Crippen LogP contribution in [0.4, 0.5) is 0 Å². The molecule has 0 aliphatic carbocycles. The molecular formula is C17H29N3O. The van der Waals surface area contributed by atoms with E-state index in [1.165, 1.54) is 32.4 Å². The predicted octanol–water partition coefficient (Wildman–Crippen LogP) is 2.83. The van der Waals surface area contributed by atoms with Gasteiger partial charge in [-0.15, -0.1) is 0 Å². The maximum Gasteiger partial charge on any atom is 0.213 e. The summed E-state index contributed by atoms with van der Waals surface area (Å²) < 4.78 is 5.80. The van der Waals surface area contributed by atoms with E-state index >= 15 is 0 Å². The Morgan fingerprint density at radius 1 is 1.19 bits per heavy atom. The fourth-order valence-electron chi connectivity index (χ4n) is 2.45. The van der Waals surface area contributed by atoms with Gasteiger partial charge in [0.2, 0.25) is 5.88 Å². The van der Waals surface area contributed by atoms with Gasteiger partial charge in [-0.1, -0.05) is 12.5 Å². The van der Waals surface area contributed by atoms with Crippen LogP contribution in [-0.4, -0.2) is 41.7 Å². The van der Waals surface area contributed by atoms with Gasteiger partial charge < -0.3 is 10.1 Å². The zero-order valence-corrected chi connectivity index (χ0v) is 13.7. The Balaban J connectivity index is 1.75. The molecule has 0 atom stereocenters. The predicted molar refractivity (Wildman–Crippen MR) is 86.6 cm³/mol. The fraction of sp³-hybridized carbons (Fsp3) is 0.706. The van der Waals surface area contributed by atoms with Gasteiger partial charge in [-0.2, -0.15) is 0 Å². The number of rotatable bonds is 6. The van der Waals surface area contributed by atoms with Crippen molar-refractivity contribution in [3.8, 4) is 5.88 Å². The molecule has 0 bridgehead atoms. The summed E-state index contributed by atoms with van der Waals surface area (Å²) in [5, 5.41) is 3.45. The standard InChI is InChI=1S/C17H29N3O/c1-17(2,3)18-14-15-8-7-9-16(19-15)21-13-12-20-10-5-4-6-11-20/h7-9,18H,4-6,10-14H2,1-3H3. The number of nitrogens with one attached hydrogen (secondary N) is 1. The van der Waals surface area contributed by atoms with Gasteiger partial charge in [0, 0.05) is 24.7 Å². The maximum atomic E-state index is 5.80. The van der Waals surface area contributed by atoms with E-state index < -0.39 is 0 Å². The van der Waals surface area contributed by atoms with Crippen LogP contribution in [-0.2, 0) is 6.54 Å². The summed E-state index contributed by atoms with van der Waals surface area (Å²) in [6.45, 7) is 11.4. The van der Waals surface area contributed by atoms with Gasteiger partial charge >= 0.3 is 0 Å². The van der Waals surface area contributed by atoms with Gasteiger partial charge in [-0.25, -0.2) is 4.98 Å². The summed E-state index contributed by atoms with van der Waals surface area (Å²) in [6, 6.07) is 6.00. The van der Waals surface area contributed by atoms with E-state index in [1.807, 2.05) is 18.2 Å². The van der Waals surface area contributed by atoms with Crippen molar-refractivity contribution in [2.24, 2.45) is 0 Å². The van der Waals surface area contributed by atoms with Crippen molar-refractivity contribution < 1.29 is 4.74 Å². The van der Waals surface area contributed by atoms with E-state index in [-0.39, 0.29) is 5.54 Å². The highest BCUT2D eigenvalue weighted by Crippen LogP contribution is 2.11. The third kappa shape index (κ3) is 6.44. The van der Waals surface area contributed by atoms with Crippen LogP contribution in [0.1, 0.15) is 45.7 Å². The Morgan fingerprint density at radius 3 is 2.67 bits per heavy atom. The van der Waals surface area contributed by atoms with E-state index in [4.69, 9.17) is 4.74 Å². The normalized spacial score (nSPS) is 16.9. The first-order valence-electron chi connectivity index (χ1n) is 8.09. The number of hydrogen-bond donors (Lipinski definition) is 1. The van der Waals surface area contributed by atoms with Crippen molar-refractivity contribution in [3.63, 3.8) is 0 Å². The van der Waals surface area contributed by atoms with Crippen LogP contribution >= 0.6 is 0 Å². The number of nitrogens with zero attached hydrogens (tertiary/aromatic N) is 2. The number of hydrogen-bond acceptors (Lipinski definition) is 4. The lowest BCUT2D eigenvalue weighted by molar-refractivity contribution is 0.180. The average Bonchev–Trinajstić information content (AvgIpc) is 2.46. The second-order valence-electron chi connectivity index (χ2n) is 6.82. The van der Waals surface area contributed by atoms with Crippen LogP contribution in [0.25, 0.3) is 0 Å². The van der Waals surface area contributed by atoms with Crippen LogP contribution < -0.4 is 10.1 Å². The first-order chi connectivity index (χ1) is 10.0. The molecule has 1 aromatic rings. The first-order valence-corrected chi connectivity index (χ1v) is 8.09. The van der Waals surface area contributed by atoms with Crippen LogP contribution in [0.15, 0.2) is 18.2 Å². The maximum absolute atomic E-state index is 5.80. The van der Waals surface area contributed by atoms with Crippen molar-refractivity contribution >= 4 is 0 Å². The van der Waals surface area contributed by atoms with Gasteiger partial charge in [0.1, 0.15) is 6.61 Å². The second kappa shape index (κ2) is 7.76. The topological polar surface area (TPSA) is 37.4 Å². The number of piperidine rings is 1. The summed E-state index contributed by atoms with van der Waals surface area (Å²) in [5.74, 6) is 0.736. The Kier molecular flexibility index (Phi) is 6.00. The molecule has 0 spiro atoms. The summed E-state index contributed by atoms with van der Waals surface area (Å²) in [5.41, 5.74) is 1.13. The molecule has 2 rings (SSSR count). The molecule has 0 saturated carbocycles. The summed E-state index contributed by atoms with van der Waals surface area (Å²) >= 11 is 0. The number of pyridine rings is 1. The molecule has 4 heteroatoms. The molecule has 21 heavy (non-hydrogen) atoms. The largest absolute Gasteiger partial charge is 0.476 e. The molecule has 4 nitrogen and oxygen atoms in total. The summed E-state index contributed by atoms with van der Waals surface area (Å²) in [7, 11) is 0. The molecule has 1 fully saturated rings. The lowest BCUT2D eigenvalue weighted by Gasteiger charge is -2.26. The zero-order valence-electron chi connectivity index (χ0n) is 13.7. The second-order valence-corrected chi connectivity index (χ2v) is 6.82. The lowest BCUT2D eigenvalue weighted by atomic mass is 10.1. The first kappa shape index (κ1) is 16.2. The minimum Gasteiger partial charge on any atom is -0.476 e. The quantitative estimate of drug-likeness (QED) is 0.874. The molecule has 1 aliphatic rings. The molecule has 0 unspecified atom stereocenters. The molecule has 1 aliphatic heterocycles. The molecule has 2 heterocycles. The summed E-state index contributed by atoms with van der Waals surface area (Å²) in [4.78, 5) is 7.04. The van der Waals surface area contributed by atoms with E-state index in [2.05, 4.69) is 36.0 Å².